The molecule has 0 bridgehead atoms. The summed E-state index contributed by atoms with van der Waals surface area (Å²) in [7, 11) is 0. The first-order valence-corrected chi connectivity index (χ1v) is 7.05. The summed E-state index contributed by atoms with van der Waals surface area (Å²) in [6.45, 7) is 0. The van der Waals surface area contributed by atoms with E-state index in [-0.39, 0.29) is 0 Å². The third-order valence-corrected chi connectivity index (χ3v) is 2.71. The fourth-order valence-corrected chi connectivity index (χ4v) is 1.62. The number of hydrogen-bond donors (Lipinski definition) is 0. The summed E-state index contributed by atoms with van der Waals surface area (Å²) >= 11 is 0. The van der Waals surface area contributed by atoms with Crippen LogP contribution in [0, 0.1) is 11.3 Å². The van der Waals surface area contributed by atoms with Gasteiger partial charge in [-0.1, -0.05) is 66.8 Å². The molecule has 1 aromatic carbocycles. The summed E-state index contributed by atoms with van der Waals surface area (Å²) in [6, 6.07) is 9.28. The van der Waals surface area contributed by atoms with Gasteiger partial charge in [0.05, 0.1) is 17.1 Å². The molecule has 0 unspecified atom stereocenters. The largest absolute Gasteiger partial charge is 0.265 e. The van der Waals surface area contributed by atoms with Crippen molar-refractivity contribution in [2.24, 2.45) is 15.6 Å². The maximum Gasteiger partial charge on any atom is 0.188 e. The van der Waals surface area contributed by atoms with Gasteiger partial charge in [-0.2, -0.15) is 5.26 Å². The molecule has 0 amide bonds. The molecule has 6 heteroatoms. The number of nitrogens with zero attached hydrogens (tertiary/aromatic N) is 4. The first kappa shape index (κ1) is 16.6. The summed E-state index contributed by atoms with van der Waals surface area (Å²) in [5.74, 6) is 0.488. The van der Waals surface area contributed by atoms with Crippen LogP contribution in [0.25, 0.3) is 6.08 Å². The maximum absolute atomic E-state index is 8.95. The molecule has 0 fully saturated rings. The van der Waals surface area contributed by atoms with Gasteiger partial charge in [0.1, 0.15) is 6.07 Å². The van der Waals surface area contributed by atoms with Gasteiger partial charge < -0.3 is 0 Å². The topological polar surface area (TPSA) is 79.3 Å². The molecular weight excluding hydrogens is 304 g/mol. The van der Waals surface area contributed by atoms with Gasteiger partial charge in [0.15, 0.2) is 5.75 Å². The molecule has 0 N–H and O–H groups in total. The summed E-state index contributed by atoms with van der Waals surface area (Å²) in [6.07, 6.45) is 17.6. The number of nitriles is 1. The van der Waals surface area contributed by atoms with E-state index in [9.17, 15) is 0 Å². The molecule has 0 atom stereocenters. The normalized spacial score (nSPS) is 24.7. The minimum atomic E-state index is 0.324. The van der Waals surface area contributed by atoms with Crippen LogP contribution in [-0.4, -0.2) is 6.21 Å². The molecule has 0 aliphatic carbocycles. The third kappa shape index (κ3) is 5.95. The smallest absolute Gasteiger partial charge is 0.188 e. The SMILES string of the molecule is N#CC1=C/C=C\C=C/C=C\C=C/c2ccccc2OO\N=N/N=C\1. The molecule has 1 aliphatic heterocycles. The third-order valence-electron chi connectivity index (χ3n) is 2.71. The van der Waals surface area contributed by atoms with E-state index in [1.54, 1.807) is 24.3 Å². The number of fused-ring (bicyclic) bond motifs is 1. The molecule has 0 aromatic heterocycles. The van der Waals surface area contributed by atoms with E-state index in [1.165, 1.54) is 6.21 Å². The summed E-state index contributed by atoms with van der Waals surface area (Å²) in [5, 5.41) is 19.2. The molecule has 0 radical (unpaired) electrons. The Morgan fingerprint density at radius 3 is 2.50 bits per heavy atom. The van der Waals surface area contributed by atoms with Crippen LogP contribution < -0.4 is 4.89 Å². The first-order chi connectivity index (χ1) is 11.9. The van der Waals surface area contributed by atoms with E-state index in [0.29, 0.717) is 11.3 Å². The average molecular weight is 318 g/mol. The van der Waals surface area contributed by atoms with Crippen LogP contribution in [0.1, 0.15) is 5.56 Å². The fourth-order valence-electron chi connectivity index (χ4n) is 1.62. The Kier molecular flexibility index (Phi) is 6.99. The fraction of sp³-hybridized carbons (Fsp3) is 0. The van der Waals surface area contributed by atoms with Crippen molar-refractivity contribution in [1.82, 2.24) is 0 Å². The Labute approximate surface area is 139 Å². The van der Waals surface area contributed by atoms with E-state index in [0.717, 1.165) is 5.56 Å². The highest BCUT2D eigenvalue weighted by Crippen LogP contribution is 2.19. The molecule has 1 aromatic rings. The van der Waals surface area contributed by atoms with Crippen molar-refractivity contribution >= 4 is 12.3 Å². The lowest BCUT2D eigenvalue weighted by Gasteiger charge is -2.02. The van der Waals surface area contributed by atoms with Gasteiger partial charge in [0.25, 0.3) is 0 Å². The van der Waals surface area contributed by atoms with Gasteiger partial charge in [-0.25, -0.2) is 0 Å². The van der Waals surface area contributed by atoms with Crippen molar-refractivity contribution in [3.8, 4) is 11.8 Å². The Balaban J connectivity index is 2.22. The molecule has 1 aliphatic rings. The van der Waals surface area contributed by atoms with E-state index >= 15 is 0 Å². The summed E-state index contributed by atoms with van der Waals surface area (Å²) < 4.78 is 0. The van der Waals surface area contributed by atoms with Crippen LogP contribution in [0.5, 0.6) is 5.75 Å². The second kappa shape index (κ2) is 10.1. The van der Waals surface area contributed by atoms with Crippen molar-refractivity contribution < 1.29 is 9.88 Å². The molecule has 1 heterocycles. The van der Waals surface area contributed by atoms with Crippen LogP contribution in [-0.2, 0) is 4.99 Å². The molecule has 0 saturated carbocycles. The standard InChI is InChI=1S/C18H14N4O2/c19-14-16-10-6-4-2-1-3-5-7-11-17-12-8-9-13-18(17)23-24-22-21-20-15-16/h1-13,15H/b2-1-,5-3-,6-4-,11-7-,16-10-,20-15-,22-21-. The molecule has 0 saturated heterocycles. The average Bonchev–Trinajstić information content (AvgIpc) is 2.61. The highest BCUT2D eigenvalue weighted by atomic mass is 17.3. The van der Waals surface area contributed by atoms with Gasteiger partial charge >= 0.3 is 0 Å². The zero-order valence-electron chi connectivity index (χ0n) is 12.7. The van der Waals surface area contributed by atoms with Crippen molar-refractivity contribution in [2.75, 3.05) is 0 Å². The second-order valence-corrected chi connectivity index (χ2v) is 4.36. The lowest BCUT2D eigenvalue weighted by atomic mass is 10.2. The van der Waals surface area contributed by atoms with Crippen LogP contribution in [0.2, 0.25) is 0 Å². The monoisotopic (exact) mass is 318 g/mol. The van der Waals surface area contributed by atoms with Gasteiger partial charge in [0, 0.05) is 5.56 Å². The maximum atomic E-state index is 8.95. The predicted octanol–water partition coefficient (Wildman–Crippen LogP) is 4.50. The van der Waals surface area contributed by atoms with E-state index in [4.69, 9.17) is 10.1 Å². The van der Waals surface area contributed by atoms with Gasteiger partial charge in [0.2, 0.25) is 0 Å². The summed E-state index contributed by atoms with van der Waals surface area (Å²) in [4.78, 5) is 9.71. The summed E-state index contributed by atoms with van der Waals surface area (Å²) in [5.41, 5.74) is 1.14. The minimum Gasteiger partial charge on any atom is -0.265 e. The lowest BCUT2D eigenvalue weighted by molar-refractivity contribution is -0.216. The molecular formula is C18H14N4O2. The zero-order valence-corrected chi connectivity index (χ0v) is 12.7. The number of para-hydroxylation sites is 1. The van der Waals surface area contributed by atoms with Crippen molar-refractivity contribution in [3.05, 3.63) is 84.0 Å². The zero-order chi connectivity index (χ0) is 16.9. The Bertz CT molecular complexity index is 793. The number of rotatable bonds is 0. The van der Waals surface area contributed by atoms with Crippen LogP contribution in [0.15, 0.2) is 94.0 Å². The quantitative estimate of drug-likeness (QED) is 0.661. The Hall–Kier alpha value is -3.72. The van der Waals surface area contributed by atoms with Crippen LogP contribution in [0.3, 0.4) is 0 Å². The van der Waals surface area contributed by atoms with Crippen molar-refractivity contribution in [2.45, 2.75) is 0 Å². The second-order valence-electron chi connectivity index (χ2n) is 4.36. The van der Waals surface area contributed by atoms with Gasteiger partial charge in [-0.05, 0) is 17.4 Å². The van der Waals surface area contributed by atoms with Crippen molar-refractivity contribution in [3.63, 3.8) is 0 Å². The van der Waals surface area contributed by atoms with E-state index in [1.807, 2.05) is 60.7 Å². The molecule has 6 nitrogen and oxygen atoms in total. The number of hydrogen-bond acceptors (Lipinski definition) is 6. The highest BCUT2D eigenvalue weighted by Gasteiger charge is 2.00. The first-order valence-electron chi connectivity index (χ1n) is 7.05. The Morgan fingerprint density at radius 2 is 1.67 bits per heavy atom. The molecule has 118 valence electrons. The van der Waals surface area contributed by atoms with E-state index < -0.39 is 0 Å². The lowest BCUT2D eigenvalue weighted by Crippen LogP contribution is -1.91. The predicted molar refractivity (Wildman–Crippen MR) is 91.7 cm³/mol. The van der Waals surface area contributed by atoms with Gasteiger partial charge in [-0.15, -0.1) is 10.1 Å². The van der Waals surface area contributed by atoms with E-state index in [2.05, 4.69) is 20.6 Å². The number of benzene rings is 1. The van der Waals surface area contributed by atoms with Crippen LogP contribution in [0.4, 0.5) is 0 Å². The van der Waals surface area contributed by atoms with Crippen molar-refractivity contribution in [1.29, 1.82) is 5.26 Å². The molecule has 24 heavy (non-hydrogen) atoms. The van der Waals surface area contributed by atoms with Gasteiger partial charge in [-0.3, -0.25) is 4.89 Å². The highest BCUT2D eigenvalue weighted by molar-refractivity contribution is 5.83. The molecule has 2 rings (SSSR count). The molecule has 0 spiro atoms. The Morgan fingerprint density at radius 1 is 0.917 bits per heavy atom. The minimum absolute atomic E-state index is 0.324. The number of allylic oxidation sites excluding steroid dienone is 9. The van der Waals surface area contributed by atoms with Crippen LogP contribution >= 0.6 is 0 Å².